The van der Waals surface area contributed by atoms with Crippen LogP contribution in [0.25, 0.3) is 27.6 Å². The van der Waals surface area contributed by atoms with Gasteiger partial charge < -0.3 is 19.1 Å². The van der Waals surface area contributed by atoms with Crippen molar-refractivity contribution in [1.82, 2.24) is 9.55 Å². The molecule has 0 aliphatic carbocycles. The summed E-state index contributed by atoms with van der Waals surface area (Å²) in [5.74, 6) is 2.11. The maximum atomic E-state index is 6.99. The van der Waals surface area contributed by atoms with Crippen LogP contribution in [-0.4, -0.2) is 9.55 Å². The van der Waals surface area contributed by atoms with Crippen LogP contribution in [-0.2, 0) is 42.7 Å². The minimum atomic E-state index is -0.206. The van der Waals surface area contributed by atoms with Crippen LogP contribution in [0.1, 0.15) is 146 Å². The summed E-state index contributed by atoms with van der Waals surface area (Å²) in [5, 5.41) is 2.25. The van der Waals surface area contributed by atoms with Crippen molar-refractivity contribution < 1.29 is 25.8 Å². The number of pyridine rings is 1. The molecule has 0 saturated heterocycles. The summed E-state index contributed by atoms with van der Waals surface area (Å²) in [5.41, 5.74) is 12.0. The molecule has 2 aromatic heterocycles. The number of anilines is 2. The number of hydrogen-bond acceptors (Lipinski definition) is 4. The normalized spacial score (nSPS) is 14.3. The van der Waals surface area contributed by atoms with Gasteiger partial charge in [-0.15, -0.1) is 53.6 Å². The molecule has 1 aliphatic rings. The maximum Gasteiger partial charge on any atom is 0.135 e. The second-order valence-electron chi connectivity index (χ2n) is 24.1. The van der Waals surface area contributed by atoms with Crippen LogP contribution in [0.2, 0.25) is 0 Å². The Morgan fingerprint density at radius 2 is 1.09 bits per heavy atom. The average molecular weight is 1070 g/mol. The number of hydrogen-bond donors (Lipinski definition) is 0. The van der Waals surface area contributed by atoms with Crippen LogP contribution in [0.4, 0.5) is 11.4 Å². The minimum absolute atomic E-state index is 0. The first-order valence-corrected chi connectivity index (χ1v) is 23.7. The monoisotopic (exact) mass is 1070 g/mol. The average Bonchev–Trinajstić information content (AvgIpc) is 3.81. The molecule has 6 heteroatoms. The first-order chi connectivity index (χ1) is 30.6. The van der Waals surface area contributed by atoms with E-state index in [4.69, 9.17) is 9.72 Å². The van der Waals surface area contributed by atoms with Gasteiger partial charge in [0, 0.05) is 77.6 Å². The standard InChI is InChI=1S/C61H71N4O.Pt/c1-56(2,3)41-24-21-25-45(32-41)63-39-64(55(60(13,14)15)54(63)59(10,11)12)46-33-44(58(7,8)9)34-48(37-46)66-47-27-28-49-50-35-43(61(16,17)40-22-19-18-20-23-40)26-29-51(50)65(52(49)38-47)53-36-42(30-31-62-53)57(4,5)6;/h18-36,39H,1-17H3;/q-3;. The van der Waals surface area contributed by atoms with E-state index in [0.717, 1.165) is 44.6 Å². The summed E-state index contributed by atoms with van der Waals surface area (Å²) in [7, 11) is 0. The molecule has 1 aliphatic heterocycles. The van der Waals surface area contributed by atoms with Crippen molar-refractivity contribution in [3.05, 3.63) is 173 Å². The molecule has 0 spiro atoms. The van der Waals surface area contributed by atoms with Gasteiger partial charge >= 0.3 is 0 Å². The van der Waals surface area contributed by atoms with Gasteiger partial charge in [0.05, 0.1) is 0 Å². The second kappa shape index (κ2) is 17.4. The summed E-state index contributed by atoms with van der Waals surface area (Å²) < 4.78 is 9.24. The van der Waals surface area contributed by atoms with E-state index in [1.54, 1.807) is 0 Å². The van der Waals surface area contributed by atoms with E-state index in [0.29, 0.717) is 11.5 Å². The van der Waals surface area contributed by atoms with E-state index in [-0.39, 0.29) is 53.6 Å². The van der Waals surface area contributed by atoms with Gasteiger partial charge in [0.1, 0.15) is 5.82 Å². The van der Waals surface area contributed by atoms with Gasteiger partial charge in [-0.25, -0.2) is 4.98 Å². The fraction of sp³-hybridized carbons (Fsp3) is 0.377. The maximum absolute atomic E-state index is 6.99. The van der Waals surface area contributed by atoms with E-state index in [9.17, 15) is 0 Å². The third kappa shape index (κ3) is 9.78. The van der Waals surface area contributed by atoms with E-state index in [1.807, 2.05) is 6.20 Å². The SMILES string of the molecule is CC(C)(C)C1=C(C(C)(C)C)N(c2cccc(C(C)(C)C)c2)[CH-]N1c1[c-]c(Oc2[c-]c3c(cc2)c2cc(C(C)(C)c4ccccc4)ccc2n3-c2cc(C(C)(C)C)ccn2)cc(C(C)(C)C)c1.[Pt]. The number of ether oxygens (including phenoxy) is 1. The number of nitrogens with zero attached hydrogens (tertiary/aromatic N) is 4. The summed E-state index contributed by atoms with van der Waals surface area (Å²) >= 11 is 0. The van der Waals surface area contributed by atoms with E-state index in [2.05, 4.69) is 260 Å². The predicted molar refractivity (Wildman–Crippen MR) is 279 cm³/mol. The zero-order chi connectivity index (χ0) is 47.9. The minimum Gasteiger partial charge on any atom is -0.509 e. The van der Waals surface area contributed by atoms with Crippen LogP contribution in [0.5, 0.6) is 11.5 Å². The van der Waals surface area contributed by atoms with Crippen molar-refractivity contribution in [1.29, 1.82) is 0 Å². The van der Waals surface area contributed by atoms with Gasteiger partial charge in [-0.1, -0.05) is 178 Å². The number of allylic oxidation sites excluding steroid dienone is 2. The molecule has 5 aromatic carbocycles. The van der Waals surface area contributed by atoms with Crippen molar-refractivity contribution >= 4 is 33.2 Å². The van der Waals surface area contributed by atoms with Crippen molar-refractivity contribution in [3.63, 3.8) is 0 Å². The Labute approximate surface area is 416 Å². The van der Waals surface area contributed by atoms with Gasteiger partial charge in [-0.2, -0.15) is 6.07 Å². The summed E-state index contributed by atoms with van der Waals surface area (Å²) in [6.45, 7) is 41.1. The molecule has 0 fully saturated rings. The molecule has 67 heavy (non-hydrogen) atoms. The Hall–Kier alpha value is -5.12. The van der Waals surface area contributed by atoms with Crippen LogP contribution in [0.3, 0.4) is 0 Å². The van der Waals surface area contributed by atoms with Crippen molar-refractivity contribution in [2.75, 3.05) is 9.80 Å². The molecule has 0 N–H and O–H groups in total. The third-order valence-corrected chi connectivity index (χ3v) is 13.2. The van der Waals surface area contributed by atoms with Crippen LogP contribution < -0.4 is 14.5 Å². The van der Waals surface area contributed by atoms with Gasteiger partial charge in [0.15, 0.2) is 0 Å². The molecule has 0 atom stereocenters. The van der Waals surface area contributed by atoms with Crippen LogP contribution in [0, 0.1) is 29.6 Å². The molecular formula is C61H71N4OPt-3. The quantitative estimate of drug-likeness (QED) is 0.149. The zero-order valence-corrected chi connectivity index (χ0v) is 45.3. The van der Waals surface area contributed by atoms with Crippen LogP contribution >= 0.6 is 0 Å². The first-order valence-electron chi connectivity index (χ1n) is 23.7. The number of benzene rings is 5. The molecule has 354 valence electrons. The molecule has 0 bridgehead atoms. The molecule has 7 aromatic rings. The molecule has 3 heterocycles. The number of fused-ring (bicyclic) bond motifs is 3. The Bertz CT molecular complexity index is 2970. The summed E-state index contributed by atoms with van der Waals surface area (Å²) in [6, 6.07) is 47.2. The molecule has 0 saturated carbocycles. The Morgan fingerprint density at radius 1 is 0.478 bits per heavy atom. The van der Waals surface area contributed by atoms with E-state index >= 15 is 0 Å². The van der Waals surface area contributed by atoms with Gasteiger partial charge in [-0.05, 0) is 74.2 Å². The van der Waals surface area contributed by atoms with Gasteiger partial charge in [0.2, 0.25) is 0 Å². The van der Waals surface area contributed by atoms with Crippen LogP contribution in [0.15, 0.2) is 127 Å². The molecular weight excluding hydrogens is 1000 g/mol. The fourth-order valence-corrected chi connectivity index (χ4v) is 9.30. The van der Waals surface area contributed by atoms with E-state index in [1.165, 1.54) is 33.6 Å². The van der Waals surface area contributed by atoms with Crippen molar-refractivity contribution in [2.45, 2.75) is 139 Å². The second-order valence-corrected chi connectivity index (χ2v) is 24.1. The summed E-state index contributed by atoms with van der Waals surface area (Å²) in [4.78, 5) is 9.76. The summed E-state index contributed by atoms with van der Waals surface area (Å²) in [6.07, 6.45) is 1.93. The number of aromatic nitrogens is 2. The molecule has 8 rings (SSSR count). The first kappa shape index (κ1) is 49.8. The predicted octanol–water partition coefficient (Wildman–Crippen LogP) is 16.5. The van der Waals surface area contributed by atoms with Gasteiger partial charge in [0.25, 0.3) is 0 Å². The fourth-order valence-electron chi connectivity index (χ4n) is 9.30. The zero-order valence-electron chi connectivity index (χ0n) is 43.1. The van der Waals surface area contributed by atoms with E-state index < -0.39 is 0 Å². The van der Waals surface area contributed by atoms with Crippen molar-refractivity contribution in [3.8, 4) is 17.3 Å². The smallest absolute Gasteiger partial charge is 0.135 e. The molecule has 0 unspecified atom stereocenters. The number of rotatable bonds is 7. The Balaban J connectivity index is 0.00000666. The van der Waals surface area contributed by atoms with Gasteiger partial charge in [-0.3, -0.25) is 0 Å². The Morgan fingerprint density at radius 3 is 1.72 bits per heavy atom. The largest absolute Gasteiger partial charge is 0.509 e. The molecule has 0 radical (unpaired) electrons. The van der Waals surface area contributed by atoms with Crippen molar-refractivity contribution in [2.24, 2.45) is 10.8 Å². The molecule has 5 nitrogen and oxygen atoms in total. The third-order valence-electron chi connectivity index (χ3n) is 13.2. The Kier molecular flexibility index (Phi) is 13.0. The topological polar surface area (TPSA) is 33.5 Å². The molecule has 0 amide bonds.